The Kier molecular flexibility index (Phi) is 41.7. The first kappa shape index (κ1) is 89.0. The van der Waals surface area contributed by atoms with Gasteiger partial charge in [-0.3, -0.25) is 25.9 Å². The molecule has 1 aliphatic heterocycles. The molecule has 33 heteroatoms. The standard InChI is InChI=1S/C13H12IO.C12H9INO2.C12H8I.2C12H10I.2BF3.F6P.8FH.Sb/c1-15-13-9-7-12(8-10-13)14-11-5-3-2-4-6-11;15-14(16)12-8-6-11(7-9-12)13-10-4-2-1-3-5-10;1-3-7-11-9(5-1)10-6-2-4-8-12(10)13-11;2*1-3-7-11(8-4-1)13-12-9-5-2-6-10-12;2*2-1(3)4;1-7(2,3,4,5)6;;;;;;;;;/h2-10H,1H3;1-9H;1-8H;2*1-10H;;;;8*1H;/q5*-1;;;-1;;;;;;;;;+5/p-8. The molecule has 0 spiro atoms. The molecule has 10 aromatic carbocycles. The van der Waals surface area contributed by atoms with E-state index in [1.807, 2.05) is 42.5 Å². The molecule has 0 aliphatic carbocycles. The summed E-state index contributed by atoms with van der Waals surface area (Å²) in [6, 6.07) is 96.4. The molecular weight excluding hydrogens is 1980 g/mol. The molecule has 0 radical (unpaired) electrons. The maximum atomic E-state index is 10.5. The van der Waals surface area contributed by atoms with Crippen molar-refractivity contribution in [1.82, 2.24) is 0 Å². The van der Waals surface area contributed by atoms with Crippen molar-refractivity contribution in [2.75, 3.05) is 7.11 Å². The van der Waals surface area contributed by atoms with Gasteiger partial charge in [0.05, 0.1) is 0 Å². The number of nitro benzene ring substituents is 1. The van der Waals surface area contributed by atoms with Crippen LogP contribution in [0.1, 0.15) is 0 Å². The molecule has 1 aliphatic rings. The van der Waals surface area contributed by atoms with Crippen molar-refractivity contribution in [3.05, 3.63) is 325 Å². The Balaban J connectivity index is 0.00000106. The van der Waals surface area contributed by atoms with Crippen molar-refractivity contribution in [3.63, 3.8) is 0 Å². The number of ether oxygens (including phenoxy) is 1. The molecule has 516 valence electrons. The van der Waals surface area contributed by atoms with E-state index in [0.717, 1.165) is 5.75 Å². The first-order valence-corrected chi connectivity index (χ1v) is 42.9. The fraction of sp³-hybridized carbons (Fsp3) is 0.0164. The van der Waals surface area contributed by atoms with Crippen LogP contribution in [0.3, 0.4) is 0 Å². The van der Waals surface area contributed by atoms with Crippen molar-refractivity contribution in [3.8, 4) is 16.9 Å². The second-order valence-electron chi connectivity index (χ2n) is 16.7. The number of hydrogen-bond acceptors (Lipinski definition) is 3. The van der Waals surface area contributed by atoms with Gasteiger partial charge >= 0.3 is 553 Å². The minimum atomic E-state index is -10.7. The minimum absolute atomic E-state index is 0. The third-order valence-electron chi connectivity index (χ3n) is 9.60. The molecule has 11 rings (SSSR count). The first-order chi connectivity index (χ1) is 42.6. The number of nitro groups is 1. The van der Waals surface area contributed by atoms with Gasteiger partial charge in [0.2, 0.25) is 0 Å². The molecule has 0 N–H and O–H groups in total. The molecule has 0 saturated carbocycles. The number of hydrogen-bond donors (Lipinski definition) is 0. The molecule has 1 heterocycles. The average molecular weight is 2030 g/mol. The molecule has 0 aromatic heterocycles. The Hall–Kier alpha value is -4.97. The Morgan fingerprint density at radius 2 is 0.543 bits per heavy atom. The Morgan fingerprint density at radius 3 is 0.745 bits per heavy atom. The quantitative estimate of drug-likeness (QED) is 0.0364. The van der Waals surface area contributed by atoms with Gasteiger partial charge in [0, 0.05) is 0 Å². The fourth-order valence-electron chi connectivity index (χ4n) is 6.26. The molecule has 0 unspecified atom stereocenters. The van der Waals surface area contributed by atoms with E-state index in [1.165, 1.54) is 39.7 Å². The van der Waals surface area contributed by atoms with Crippen molar-refractivity contribution in [1.29, 1.82) is 0 Å². The molecule has 0 fully saturated rings. The van der Waals surface area contributed by atoms with Crippen LogP contribution in [0.2, 0.25) is 0 Å². The average Bonchev–Trinajstić information content (AvgIpc) is 1.32. The zero-order chi connectivity index (χ0) is 67.4. The number of rotatable bonds is 10. The van der Waals surface area contributed by atoms with Crippen molar-refractivity contribution >= 4 is 48.9 Å². The number of methoxy groups -OCH3 is 1. The summed E-state index contributed by atoms with van der Waals surface area (Å²) in [5.74, 6) is 0.927. The summed E-state index contributed by atoms with van der Waals surface area (Å²) in [6.45, 7) is 0. The van der Waals surface area contributed by atoms with Gasteiger partial charge in [-0.1, -0.05) is 0 Å². The summed E-state index contributed by atoms with van der Waals surface area (Å²) in [7, 11) is -16.3. The third-order valence-corrected chi connectivity index (χ3v) is 23.4. The van der Waals surface area contributed by atoms with Gasteiger partial charge in [-0.2, -0.15) is 0 Å². The predicted octanol–water partition coefficient (Wildman–Crippen LogP) is -3.15. The van der Waals surface area contributed by atoms with E-state index in [0.29, 0.717) is 0 Å². The van der Waals surface area contributed by atoms with Crippen LogP contribution < -0.4 is 125 Å². The molecule has 94 heavy (non-hydrogen) atoms. The van der Waals surface area contributed by atoms with Crippen molar-refractivity contribution in [2.24, 2.45) is 0 Å². The van der Waals surface area contributed by atoms with Crippen LogP contribution in [0.15, 0.2) is 279 Å². The van der Waals surface area contributed by atoms with Gasteiger partial charge in [0.15, 0.2) is 0 Å². The topological polar surface area (TPSA) is 52.4 Å². The number of fused-ring (bicyclic) bond motifs is 3. The second-order valence-corrected chi connectivity index (χ2v) is 37.2. The van der Waals surface area contributed by atoms with Gasteiger partial charge < -0.3 is 14.1 Å². The molecule has 10 aromatic rings. The fourth-order valence-corrected chi connectivity index (χ4v) is 18.1. The summed E-state index contributed by atoms with van der Waals surface area (Å²) in [4.78, 5) is 10.1. The van der Waals surface area contributed by atoms with Gasteiger partial charge in [-0.25, -0.2) is 0 Å². The van der Waals surface area contributed by atoms with Crippen molar-refractivity contribution < 1.29 is 195 Å². The Labute approximate surface area is 586 Å². The van der Waals surface area contributed by atoms with Gasteiger partial charge in [0.1, 0.15) is 0 Å². The van der Waals surface area contributed by atoms with Gasteiger partial charge in [0.25, 0.3) is 0 Å². The predicted molar refractivity (Wildman–Crippen MR) is 307 cm³/mol. The van der Waals surface area contributed by atoms with E-state index < -0.39 is 43.2 Å². The summed E-state index contributed by atoms with van der Waals surface area (Å²) in [5, 5.41) is 10.5. The van der Waals surface area contributed by atoms with E-state index in [4.69, 9.17) is 4.74 Å². The number of non-ortho nitro benzene ring substituents is 1. The zero-order valence-electron chi connectivity index (χ0n) is 47.7. The Morgan fingerprint density at radius 1 is 0.362 bits per heavy atom. The molecule has 0 bridgehead atoms. The third kappa shape index (κ3) is 48.7. The first-order valence-electron chi connectivity index (χ1n) is 25.3. The molecular formula is C61H49B2F20I5NO3PSb-9. The second kappa shape index (κ2) is 44.0. The van der Waals surface area contributed by atoms with Crippen LogP contribution in [0, 0.1) is 45.8 Å². The number of nitrogens with zero attached hydrogens (tertiary/aromatic N) is 1. The monoisotopic (exact) mass is 2030 g/mol. The molecule has 0 amide bonds. The van der Waals surface area contributed by atoms with E-state index in [1.54, 1.807) is 26.4 Å². The van der Waals surface area contributed by atoms with E-state index >= 15 is 0 Å². The van der Waals surface area contributed by atoms with Gasteiger partial charge in [-0.15, -0.1) is 0 Å². The number of benzene rings is 10. The van der Waals surface area contributed by atoms with E-state index in [9.17, 15) is 75.3 Å². The van der Waals surface area contributed by atoms with Crippen LogP contribution in [-0.2, 0) is 0 Å². The maximum absolute atomic E-state index is 10.7. The van der Waals surface area contributed by atoms with Crippen LogP contribution in [0.5, 0.6) is 5.75 Å². The SMILES string of the molecule is COc1ccc([I-]c2ccccc2)cc1.FB(F)F.FB(F)F.F[P-](F)(F)(F)(F)F.O=[N+]([O-])c1ccc([I-]c2ccccc2)cc1.[F-].[F-].[F-].[F][Sb]([F])([F])([F])[F].c1ccc([I-]c2ccccc2)cc1.c1ccc([I-]c2ccccc2)cc1.c1ccc2c(c1)[I-]c1ccccc1-2. The van der Waals surface area contributed by atoms with Crippen LogP contribution in [-0.4, -0.2) is 47.4 Å². The van der Waals surface area contributed by atoms with Crippen molar-refractivity contribution in [2.45, 2.75) is 0 Å². The van der Waals surface area contributed by atoms with Crippen LogP contribution in [0.25, 0.3) is 11.1 Å². The van der Waals surface area contributed by atoms with Crippen LogP contribution >= 0.6 is 7.81 Å². The Bertz CT molecular complexity index is 3410. The van der Waals surface area contributed by atoms with E-state index in [2.05, 4.69) is 224 Å². The molecule has 0 saturated heterocycles. The summed E-state index contributed by atoms with van der Waals surface area (Å²) < 4.78 is 186. The summed E-state index contributed by atoms with van der Waals surface area (Å²) in [6.07, 6.45) is 0. The van der Waals surface area contributed by atoms with Gasteiger partial charge in [-0.05, 0) is 0 Å². The normalized spacial score (nSPS) is 11.5. The summed E-state index contributed by atoms with van der Waals surface area (Å²) in [5.41, 5.74) is 3.08. The van der Waals surface area contributed by atoms with E-state index in [-0.39, 0.29) is 131 Å². The number of halogens is 25. The molecule has 0 atom stereocenters. The zero-order valence-corrected chi connectivity index (χ0v) is 62.0. The molecule has 4 nitrogen and oxygen atoms in total. The summed E-state index contributed by atoms with van der Waals surface area (Å²) >= 11 is -9.30. The van der Waals surface area contributed by atoms with Crippen LogP contribution in [0.4, 0.5) is 70.8 Å².